The van der Waals surface area contributed by atoms with E-state index in [0.29, 0.717) is 35.4 Å². The number of rotatable bonds is 7. The predicted molar refractivity (Wildman–Crippen MR) is 92.4 cm³/mol. The monoisotopic (exact) mass is 349 g/mol. The van der Waals surface area contributed by atoms with Crippen LogP contribution in [0.15, 0.2) is 35.3 Å². The van der Waals surface area contributed by atoms with Gasteiger partial charge in [0.2, 0.25) is 6.79 Å². The van der Waals surface area contributed by atoms with E-state index in [0.717, 1.165) is 24.8 Å². The van der Waals surface area contributed by atoms with Crippen molar-refractivity contribution in [3.63, 3.8) is 0 Å². The number of aromatic nitrogens is 1. The lowest BCUT2D eigenvalue weighted by molar-refractivity contribution is 0.174. The van der Waals surface area contributed by atoms with Gasteiger partial charge in [-0.1, -0.05) is 31.4 Å². The molecule has 1 aliphatic rings. The van der Waals surface area contributed by atoms with Gasteiger partial charge >= 0.3 is 0 Å². The van der Waals surface area contributed by atoms with Crippen LogP contribution in [0.1, 0.15) is 31.7 Å². The Balaban J connectivity index is 1.71. The molecule has 0 saturated carbocycles. The molecule has 0 radical (unpaired) electrons. The van der Waals surface area contributed by atoms with E-state index in [-0.39, 0.29) is 12.4 Å². The van der Waals surface area contributed by atoms with Gasteiger partial charge in [-0.05, 0) is 24.1 Å². The van der Waals surface area contributed by atoms with Crippen LogP contribution in [-0.2, 0) is 6.54 Å². The SMILES string of the molecule is CCCCCOc1ccn(Cc2cc3c(cc2Cl)OCO3)c(=O)c1. The van der Waals surface area contributed by atoms with Gasteiger partial charge < -0.3 is 18.8 Å². The van der Waals surface area contributed by atoms with Crippen LogP contribution >= 0.6 is 11.6 Å². The molecule has 0 bridgehead atoms. The van der Waals surface area contributed by atoms with Crippen LogP contribution in [0.2, 0.25) is 5.02 Å². The maximum Gasteiger partial charge on any atom is 0.254 e. The molecule has 0 N–H and O–H groups in total. The van der Waals surface area contributed by atoms with Gasteiger partial charge in [-0.3, -0.25) is 4.79 Å². The molecule has 6 heteroatoms. The second-order valence-corrected chi connectivity index (χ2v) is 6.09. The van der Waals surface area contributed by atoms with E-state index < -0.39 is 0 Å². The van der Waals surface area contributed by atoms with Crippen molar-refractivity contribution in [2.45, 2.75) is 32.7 Å². The number of benzene rings is 1. The predicted octanol–water partition coefficient (Wildman–Crippen LogP) is 3.85. The van der Waals surface area contributed by atoms with Crippen molar-refractivity contribution < 1.29 is 14.2 Å². The summed E-state index contributed by atoms with van der Waals surface area (Å²) in [5.41, 5.74) is 0.677. The zero-order valence-electron chi connectivity index (χ0n) is 13.6. The zero-order chi connectivity index (χ0) is 16.9. The van der Waals surface area contributed by atoms with E-state index in [2.05, 4.69) is 6.92 Å². The highest BCUT2D eigenvalue weighted by Crippen LogP contribution is 2.36. The second-order valence-electron chi connectivity index (χ2n) is 5.68. The Hall–Kier alpha value is -2.14. The number of ether oxygens (including phenoxy) is 3. The fraction of sp³-hybridized carbons (Fsp3) is 0.389. The Morgan fingerprint density at radius 1 is 1.21 bits per heavy atom. The first-order chi connectivity index (χ1) is 11.7. The highest BCUT2D eigenvalue weighted by molar-refractivity contribution is 6.31. The van der Waals surface area contributed by atoms with E-state index in [1.54, 1.807) is 22.9 Å². The van der Waals surface area contributed by atoms with Gasteiger partial charge in [-0.15, -0.1) is 0 Å². The fourth-order valence-electron chi connectivity index (χ4n) is 2.52. The highest BCUT2D eigenvalue weighted by atomic mass is 35.5. The van der Waals surface area contributed by atoms with Crippen LogP contribution in [0.4, 0.5) is 0 Å². The van der Waals surface area contributed by atoms with E-state index in [1.807, 2.05) is 6.07 Å². The van der Waals surface area contributed by atoms with Gasteiger partial charge in [0, 0.05) is 23.4 Å². The summed E-state index contributed by atoms with van der Waals surface area (Å²) in [6, 6.07) is 6.84. The van der Waals surface area contributed by atoms with Gasteiger partial charge in [-0.2, -0.15) is 0 Å². The summed E-state index contributed by atoms with van der Waals surface area (Å²) >= 11 is 6.26. The van der Waals surface area contributed by atoms with Gasteiger partial charge in [0.05, 0.1) is 13.2 Å². The van der Waals surface area contributed by atoms with Crippen LogP contribution in [-0.4, -0.2) is 18.0 Å². The molecular formula is C18H20ClNO4. The molecule has 0 aliphatic carbocycles. The standard InChI is InChI=1S/C18H20ClNO4/c1-2-3-4-7-22-14-5-6-20(18(21)9-14)11-13-8-16-17(10-15(13)19)24-12-23-16/h5-6,8-10H,2-4,7,11-12H2,1H3. The highest BCUT2D eigenvalue weighted by Gasteiger charge is 2.16. The summed E-state index contributed by atoms with van der Waals surface area (Å²) in [5.74, 6) is 1.88. The number of pyridine rings is 1. The molecule has 0 atom stereocenters. The molecule has 2 aromatic rings. The van der Waals surface area contributed by atoms with Crippen molar-refractivity contribution in [2.24, 2.45) is 0 Å². The Labute approximate surface area is 145 Å². The summed E-state index contributed by atoms with van der Waals surface area (Å²) < 4.78 is 17.8. The van der Waals surface area contributed by atoms with Gasteiger partial charge in [0.25, 0.3) is 5.56 Å². The minimum Gasteiger partial charge on any atom is -0.493 e. The lowest BCUT2D eigenvalue weighted by atomic mass is 10.2. The third kappa shape index (κ3) is 3.85. The molecule has 128 valence electrons. The number of fused-ring (bicyclic) bond motifs is 1. The van der Waals surface area contributed by atoms with E-state index in [1.165, 1.54) is 6.07 Å². The first-order valence-electron chi connectivity index (χ1n) is 8.08. The van der Waals surface area contributed by atoms with Crippen molar-refractivity contribution in [3.05, 3.63) is 51.4 Å². The summed E-state index contributed by atoms with van der Waals surface area (Å²) in [6.07, 6.45) is 4.98. The molecule has 24 heavy (non-hydrogen) atoms. The largest absolute Gasteiger partial charge is 0.493 e. The average molecular weight is 350 g/mol. The number of nitrogens with zero attached hydrogens (tertiary/aromatic N) is 1. The first kappa shape index (κ1) is 16.7. The van der Waals surface area contributed by atoms with Gasteiger partial charge in [0.15, 0.2) is 11.5 Å². The summed E-state index contributed by atoms with van der Waals surface area (Å²) in [5, 5.41) is 0.547. The van der Waals surface area contributed by atoms with E-state index in [4.69, 9.17) is 25.8 Å². The van der Waals surface area contributed by atoms with Crippen LogP contribution in [0.3, 0.4) is 0 Å². The molecule has 0 amide bonds. The first-order valence-corrected chi connectivity index (χ1v) is 8.46. The molecule has 5 nitrogen and oxygen atoms in total. The average Bonchev–Trinajstić information content (AvgIpc) is 3.01. The molecule has 3 rings (SSSR count). The van der Waals surface area contributed by atoms with Crippen LogP contribution in [0, 0.1) is 0 Å². The zero-order valence-corrected chi connectivity index (χ0v) is 14.3. The van der Waals surface area contributed by atoms with Crippen molar-refractivity contribution in [1.82, 2.24) is 4.57 Å². The summed E-state index contributed by atoms with van der Waals surface area (Å²) in [7, 11) is 0. The number of halogens is 1. The number of hydrogen-bond acceptors (Lipinski definition) is 4. The summed E-state index contributed by atoms with van der Waals surface area (Å²) in [4.78, 5) is 12.3. The molecule has 1 aromatic heterocycles. The lowest BCUT2D eigenvalue weighted by Gasteiger charge is -2.10. The lowest BCUT2D eigenvalue weighted by Crippen LogP contribution is -2.19. The molecule has 2 heterocycles. The molecule has 1 aliphatic heterocycles. The number of hydrogen-bond donors (Lipinski definition) is 0. The Bertz CT molecular complexity index is 772. The van der Waals surface area contributed by atoms with Gasteiger partial charge in [-0.25, -0.2) is 0 Å². The van der Waals surface area contributed by atoms with E-state index in [9.17, 15) is 4.79 Å². The maximum atomic E-state index is 12.3. The minimum atomic E-state index is -0.128. The van der Waals surface area contributed by atoms with Crippen LogP contribution in [0.25, 0.3) is 0 Å². The maximum absolute atomic E-state index is 12.3. The van der Waals surface area contributed by atoms with Crippen molar-refractivity contribution in [2.75, 3.05) is 13.4 Å². The van der Waals surface area contributed by atoms with Crippen LogP contribution < -0.4 is 19.8 Å². The summed E-state index contributed by atoms with van der Waals surface area (Å²) in [6.45, 7) is 3.33. The molecule has 0 fully saturated rings. The smallest absolute Gasteiger partial charge is 0.254 e. The van der Waals surface area contributed by atoms with Crippen LogP contribution in [0.5, 0.6) is 17.2 Å². The number of unbranched alkanes of at least 4 members (excludes halogenated alkanes) is 2. The van der Waals surface area contributed by atoms with Crippen molar-refractivity contribution in [1.29, 1.82) is 0 Å². The third-order valence-corrected chi connectivity index (χ3v) is 4.22. The molecule has 0 spiro atoms. The minimum absolute atomic E-state index is 0.128. The Morgan fingerprint density at radius 2 is 2.00 bits per heavy atom. The quantitative estimate of drug-likeness (QED) is 0.712. The third-order valence-electron chi connectivity index (χ3n) is 3.87. The molecule has 0 unspecified atom stereocenters. The molecule has 0 saturated heterocycles. The Morgan fingerprint density at radius 3 is 2.75 bits per heavy atom. The Kier molecular flexibility index (Phi) is 5.30. The van der Waals surface area contributed by atoms with Gasteiger partial charge in [0.1, 0.15) is 5.75 Å². The topological polar surface area (TPSA) is 49.7 Å². The molecular weight excluding hydrogens is 330 g/mol. The molecule has 1 aromatic carbocycles. The van der Waals surface area contributed by atoms with Crippen molar-refractivity contribution >= 4 is 11.6 Å². The fourth-order valence-corrected chi connectivity index (χ4v) is 2.73. The van der Waals surface area contributed by atoms with Crippen molar-refractivity contribution in [3.8, 4) is 17.2 Å². The normalized spacial score (nSPS) is 12.4. The van der Waals surface area contributed by atoms with E-state index >= 15 is 0 Å². The second kappa shape index (κ2) is 7.62.